The number of amides is 1. The van der Waals surface area contributed by atoms with Crippen molar-refractivity contribution in [2.75, 3.05) is 12.0 Å². The zero-order valence-corrected chi connectivity index (χ0v) is 22.4. The number of hydrogen-bond acceptors (Lipinski definition) is 2. The number of ether oxygens (including phenoxy) is 1. The third kappa shape index (κ3) is 5.21. The van der Waals surface area contributed by atoms with E-state index in [2.05, 4.69) is 44.0 Å². The van der Waals surface area contributed by atoms with Crippen LogP contribution in [-0.2, 0) is 16.8 Å². The molecule has 0 aliphatic heterocycles. The molecule has 0 atom stereocenters. The standard InChI is InChI=1S/C34H34N2O2/c1-34(2,3)31-22-27-21-28(19-20-29(27)35-31)36(23-26-17-11-12-18-30(26)38-4)33(37)32(24-13-7-5-8-14-24)25-15-9-6-10-16-25/h5-22,32,35H,23H2,1-4H3. The van der Waals surface area contributed by atoms with Crippen LogP contribution in [0.3, 0.4) is 0 Å². The minimum absolute atomic E-state index is 0.00217. The van der Waals surface area contributed by atoms with Crippen molar-refractivity contribution in [1.82, 2.24) is 4.98 Å². The van der Waals surface area contributed by atoms with Gasteiger partial charge in [0.1, 0.15) is 5.75 Å². The number of fused-ring (bicyclic) bond motifs is 1. The van der Waals surface area contributed by atoms with Gasteiger partial charge in [-0.25, -0.2) is 0 Å². The first-order chi connectivity index (χ1) is 18.3. The Morgan fingerprint density at radius 3 is 2.03 bits per heavy atom. The zero-order valence-electron chi connectivity index (χ0n) is 22.4. The van der Waals surface area contributed by atoms with Crippen molar-refractivity contribution in [3.63, 3.8) is 0 Å². The average molecular weight is 503 g/mol. The van der Waals surface area contributed by atoms with E-state index in [-0.39, 0.29) is 11.3 Å². The second-order valence-electron chi connectivity index (χ2n) is 10.7. The monoisotopic (exact) mass is 502 g/mol. The van der Waals surface area contributed by atoms with E-state index in [1.165, 1.54) is 5.69 Å². The quantitative estimate of drug-likeness (QED) is 0.246. The lowest BCUT2D eigenvalue weighted by atomic mass is 9.89. The highest BCUT2D eigenvalue weighted by Crippen LogP contribution is 2.34. The molecule has 0 fully saturated rings. The van der Waals surface area contributed by atoms with E-state index < -0.39 is 5.92 Å². The Balaban J connectivity index is 1.64. The van der Waals surface area contributed by atoms with Gasteiger partial charge in [-0.1, -0.05) is 99.6 Å². The highest BCUT2D eigenvalue weighted by molar-refractivity contribution is 6.01. The van der Waals surface area contributed by atoms with Gasteiger partial charge >= 0.3 is 0 Å². The molecule has 0 saturated heterocycles. The molecule has 4 heteroatoms. The summed E-state index contributed by atoms with van der Waals surface area (Å²) in [6.07, 6.45) is 0. The number of carbonyl (C=O) groups excluding carboxylic acids is 1. The van der Waals surface area contributed by atoms with Crippen LogP contribution in [0.5, 0.6) is 5.75 Å². The number of rotatable bonds is 7. The Morgan fingerprint density at radius 2 is 1.42 bits per heavy atom. The van der Waals surface area contributed by atoms with Crippen LogP contribution in [0.4, 0.5) is 5.69 Å². The van der Waals surface area contributed by atoms with Crippen LogP contribution in [0.2, 0.25) is 0 Å². The number of anilines is 1. The van der Waals surface area contributed by atoms with Gasteiger partial charge in [-0.3, -0.25) is 4.79 Å². The fourth-order valence-corrected chi connectivity index (χ4v) is 4.92. The summed E-state index contributed by atoms with van der Waals surface area (Å²) < 4.78 is 5.66. The van der Waals surface area contributed by atoms with Crippen molar-refractivity contribution in [2.45, 2.75) is 38.6 Å². The smallest absolute Gasteiger partial charge is 0.239 e. The van der Waals surface area contributed by atoms with E-state index in [0.717, 1.165) is 39.0 Å². The molecule has 1 amide bonds. The lowest BCUT2D eigenvalue weighted by Crippen LogP contribution is -2.35. The summed E-state index contributed by atoms with van der Waals surface area (Å²) in [7, 11) is 1.67. The van der Waals surface area contributed by atoms with Crippen molar-refractivity contribution in [3.8, 4) is 5.75 Å². The maximum atomic E-state index is 14.6. The number of carbonyl (C=O) groups is 1. The van der Waals surface area contributed by atoms with Gasteiger partial charge in [-0.2, -0.15) is 0 Å². The summed E-state index contributed by atoms with van der Waals surface area (Å²) in [5.41, 5.74) is 5.96. The van der Waals surface area contributed by atoms with E-state index in [0.29, 0.717) is 6.54 Å². The fraction of sp³-hybridized carbons (Fsp3) is 0.206. The molecule has 5 rings (SSSR count). The predicted octanol–water partition coefficient (Wildman–Crippen LogP) is 7.84. The molecule has 0 spiro atoms. The summed E-state index contributed by atoms with van der Waals surface area (Å²) in [5, 5.41) is 1.08. The van der Waals surface area contributed by atoms with E-state index in [1.54, 1.807) is 7.11 Å². The molecular weight excluding hydrogens is 468 g/mol. The Bertz CT molecular complexity index is 1490. The Hall–Kier alpha value is -4.31. The molecule has 1 aromatic heterocycles. The molecule has 1 N–H and O–H groups in total. The van der Waals surface area contributed by atoms with E-state index in [4.69, 9.17) is 4.74 Å². The van der Waals surface area contributed by atoms with Crippen LogP contribution in [0.1, 0.15) is 49.1 Å². The summed E-state index contributed by atoms with van der Waals surface area (Å²) >= 11 is 0. The molecule has 0 unspecified atom stereocenters. The number of nitrogens with zero attached hydrogens (tertiary/aromatic N) is 1. The number of benzene rings is 4. The van der Waals surface area contributed by atoms with Crippen LogP contribution >= 0.6 is 0 Å². The average Bonchev–Trinajstić information content (AvgIpc) is 3.38. The summed E-state index contributed by atoms with van der Waals surface area (Å²) in [6, 6.07) is 36.3. The maximum absolute atomic E-state index is 14.6. The van der Waals surface area contributed by atoms with Gasteiger partial charge < -0.3 is 14.6 Å². The molecule has 4 nitrogen and oxygen atoms in total. The lowest BCUT2D eigenvalue weighted by molar-refractivity contribution is -0.119. The van der Waals surface area contributed by atoms with Crippen molar-refractivity contribution < 1.29 is 9.53 Å². The molecular formula is C34H34N2O2. The lowest BCUT2D eigenvalue weighted by Gasteiger charge is -2.29. The first-order valence-corrected chi connectivity index (χ1v) is 13.0. The first kappa shape index (κ1) is 25.3. The Kier molecular flexibility index (Phi) is 7.06. The third-order valence-electron chi connectivity index (χ3n) is 7.02. The molecule has 5 aromatic rings. The van der Waals surface area contributed by atoms with E-state index in [9.17, 15) is 4.79 Å². The zero-order chi connectivity index (χ0) is 26.7. The van der Waals surface area contributed by atoms with Crippen LogP contribution < -0.4 is 9.64 Å². The normalized spacial score (nSPS) is 11.6. The largest absolute Gasteiger partial charge is 0.496 e. The van der Waals surface area contributed by atoms with Crippen LogP contribution in [0.25, 0.3) is 10.9 Å². The highest BCUT2D eigenvalue weighted by atomic mass is 16.5. The molecule has 0 aliphatic rings. The van der Waals surface area contributed by atoms with E-state index >= 15 is 0 Å². The fourth-order valence-electron chi connectivity index (χ4n) is 4.92. The van der Waals surface area contributed by atoms with E-state index in [1.807, 2.05) is 95.9 Å². The molecule has 192 valence electrons. The molecule has 0 saturated carbocycles. The van der Waals surface area contributed by atoms with Crippen molar-refractivity contribution >= 4 is 22.5 Å². The summed E-state index contributed by atoms with van der Waals surface area (Å²) in [6.45, 7) is 6.97. The molecule has 38 heavy (non-hydrogen) atoms. The predicted molar refractivity (Wildman–Crippen MR) is 156 cm³/mol. The third-order valence-corrected chi connectivity index (χ3v) is 7.02. The Morgan fingerprint density at radius 1 is 0.816 bits per heavy atom. The summed E-state index contributed by atoms with van der Waals surface area (Å²) in [4.78, 5) is 20.1. The number of hydrogen-bond donors (Lipinski definition) is 1. The number of nitrogens with one attached hydrogen (secondary N) is 1. The van der Waals surface area contributed by atoms with Gasteiger partial charge in [0.2, 0.25) is 5.91 Å². The van der Waals surface area contributed by atoms with Crippen molar-refractivity contribution in [1.29, 1.82) is 0 Å². The van der Waals surface area contributed by atoms with Gasteiger partial charge in [0.05, 0.1) is 19.6 Å². The number of aromatic amines is 1. The molecule has 1 heterocycles. The Labute approximate surface area is 224 Å². The van der Waals surface area contributed by atoms with Crippen LogP contribution in [0.15, 0.2) is 109 Å². The second kappa shape index (κ2) is 10.6. The number of H-pyrrole nitrogens is 1. The second-order valence-corrected chi connectivity index (χ2v) is 10.7. The molecule has 0 aliphatic carbocycles. The molecule has 4 aromatic carbocycles. The number of aromatic nitrogens is 1. The van der Waals surface area contributed by atoms with Gasteiger partial charge in [0, 0.05) is 33.3 Å². The molecule has 0 bridgehead atoms. The molecule has 0 radical (unpaired) electrons. The first-order valence-electron chi connectivity index (χ1n) is 13.0. The van der Waals surface area contributed by atoms with Gasteiger partial charge in [0.15, 0.2) is 0 Å². The van der Waals surface area contributed by atoms with Gasteiger partial charge in [-0.05, 0) is 41.5 Å². The van der Waals surface area contributed by atoms with Gasteiger partial charge in [-0.15, -0.1) is 0 Å². The minimum Gasteiger partial charge on any atom is -0.496 e. The van der Waals surface area contributed by atoms with Crippen molar-refractivity contribution in [2.24, 2.45) is 0 Å². The van der Waals surface area contributed by atoms with Gasteiger partial charge in [0.25, 0.3) is 0 Å². The maximum Gasteiger partial charge on any atom is 0.239 e. The van der Waals surface area contributed by atoms with Crippen LogP contribution in [0, 0.1) is 0 Å². The minimum atomic E-state index is -0.445. The highest BCUT2D eigenvalue weighted by Gasteiger charge is 2.29. The number of methoxy groups -OCH3 is 1. The SMILES string of the molecule is COc1ccccc1CN(C(=O)C(c1ccccc1)c1ccccc1)c1ccc2[nH]c(C(C)(C)C)cc2c1. The van der Waals surface area contributed by atoms with Crippen LogP contribution in [-0.4, -0.2) is 18.0 Å². The number of para-hydroxylation sites is 1. The topological polar surface area (TPSA) is 45.3 Å². The summed E-state index contributed by atoms with van der Waals surface area (Å²) in [5.74, 6) is 0.331. The van der Waals surface area contributed by atoms with Crippen molar-refractivity contribution in [3.05, 3.63) is 132 Å².